The van der Waals surface area contributed by atoms with Gasteiger partial charge in [-0.2, -0.15) is 0 Å². The van der Waals surface area contributed by atoms with Crippen LogP contribution in [0.2, 0.25) is 0 Å². The molecule has 0 aromatic heterocycles. The molecule has 1 atom stereocenters. The minimum Gasteiger partial charge on any atom is -0.493 e. The Morgan fingerprint density at radius 2 is 1.62 bits per heavy atom. The Hall–Kier alpha value is -2.73. The van der Waals surface area contributed by atoms with E-state index in [4.69, 9.17) is 19.9 Å². The number of ether oxygens (including phenoxy) is 3. The maximum Gasteiger partial charge on any atom is 0.226 e. The van der Waals surface area contributed by atoms with Crippen LogP contribution in [-0.2, 0) is 4.79 Å². The van der Waals surface area contributed by atoms with Crippen LogP contribution in [0.1, 0.15) is 18.0 Å². The summed E-state index contributed by atoms with van der Waals surface area (Å²) in [5, 5.41) is 2.81. The molecule has 0 saturated carbocycles. The number of amides is 1. The fourth-order valence-corrected chi connectivity index (χ4v) is 2.38. The Morgan fingerprint density at radius 1 is 1.04 bits per heavy atom. The van der Waals surface area contributed by atoms with Crippen molar-refractivity contribution in [1.29, 1.82) is 0 Å². The smallest absolute Gasteiger partial charge is 0.226 e. The predicted octanol–water partition coefficient (Wildman–Crippen LogP) is 2.74. The first-order valence-corrected chi connectivity index (χ1v) is 7.49. The van der Waals surface area contributed by atoms with Crippen LogP contribution < -0.4 is 25.3 Å². The van der Waals surface area contributed by atoms with Crippen molar-refractivity contribution in [3.05, 3.63) is 48.0 Å². The molecular formula is C18H22N2O4. The number of nitrogens with one attached hydrogen (secondary N) is 1. The molecule has 24 heavy (non-hydrogen) atoms. The zero-order valence-corrected chi connectivity index (χ0v) is 14.0. The van der Waals surface area contributed by atoms with Crippen molar-refractivity contribution in [1.82, 2.24) is 0 Å². The molecule has 0 heterocycles. The van der Waals surface area contributed by atoms with Crippen molar-refractivity contribution in [3.63, 3.8) is 0 Å². The van der Waals surface area contributed by atoms with Crippen molar-refractivity contribution < 1.29 is 19.0 Å². The molecule has 1 unspecified atom stereocenters. The van der Waals surface area contributed by atoms with E-state index < -0.39 is 0 Å². The second kappa shape index (κ2) is 8.21. The Bertz CT molecular complexity index is 664. The van der Waals surface area contributed by atoms with E-state index in [0.29, 0.717) is 22.9 Å². The van der Waals surface area contributed by atoms with Gasteiger partial charge in [0.1, 0.15) is 0 Å². The summed E-state index contributed by atoms with van der Waals surface area (Å²) < 4.78 is 15.8. The summed E-state index contributed by atoms with van der Waals surface area (Å²) in [6.45, 7) is 0. The van der Waals surface area contributed by atoms with Gasteiger partial charge in [-0.3, -0.25) is 4.79 Å². The lowest BCUT2D eigenvalue weighted by Crippen LogP contribution is -2.20. The summed E-state index contributed by atoms with van der Waals surface area (Å²) in [5.74, 6) is 1.22. The number of anilines is 1. The van der Waals surface area contributed by atoms with Crippen LogP contribution in [0.4, 0.5) is 5.69 Å². The summed E-state index contributed by atoms with van der Waals surface area (Å²) >= 11 is 0. The number of benzene rings is 2. The van der Waals surface area contributed by atoms with Crippen LogP contribution in [0.25, 0.3) is 0 Å². The molecule has 3 N–H and O–H groups in total. The van der Waals surface area contributed by atoms with Crippen LogP contribution in [0, 0.1) is 0 Å². The molecule has 0 aliphatic rings. The SMILES string of the molecule is COc1cc(NC(=O)CC(N)c2ccccc2)cc(OC)c1OC. The Labute approximate surface area is 141 Å². The Balaban J connectivity index is 2.11. The second-order valence-electron chi connectivity index (χ2n) is 5.18. The molecule has 0 aliphatic heterocycles. The van der Waals surface area contributed by atoms with Crippen molar-refractivity contribution in [2.45, 2.75) is 12.5 Å². The number of rotatable bonds is 7. The van der Waals surface area contributed by atoms with E-state index in [1.807, 2.05) is 30.3 Å². The van der Waals surface area contributed by atoms with E-state index >= 15 is 0 Å². The molecule has 2 aromatic carbocycles. The number of carbonyl (C=O) groups is 1. The Morgan fingerprint density at radius 3 is 2.12 bits per heavy atom. The topological polar surface area (TPSA) is 82.8 Å². The zero-order valence-electron chi connectivity index (χ0n) is 14.0. The van der Waals surface area contributed by atoms with Crippen LogP contribution in [0.3, 0.4) is 0 Å². The van der Waals surface area contributed by atoms with E-state index in [1.54, 1.807) is 12.1 Å². The lowest BCUT2D eigenvalue weighted by molar-refractivity contribution is -0.116. The minimum atomic E-state index is -0.367. The fraction of sp³-hybridized carbons (Fsp3) is 0.278. The molecule has 6 nitrogen and oxygen atoms in total. The maximum absolute atomic E-state index is 12.2. The monoisotopic (exact) mass is 330 g/mol. The van der Waals surface area contributed by atoms with E-state index in [-0.39, 0.29) is 18.4 Å². The molecule has 128 valence electrons. The van der Waals surface area contributed by atoms with Crippen LogP contribution in [-0.4, -0.2) is 27.2 Å². The molecule has 0 saturated heterocycles. The highest BCUT2D eigenvalue weighted by atomic mass is 16.5. The number of hydrogen-bond donors (Lipinski definition) is 2. The van der Waals surface area contributed by atoms with Crippen LogP contribution in [0.15, 0.2) is 42.5 Å². The summed E-state index contributed by atoms with van der Waals surface area (Å²) in [6.07, 6.45) is 0.167. The normalized spacial score (nSPS) is 11.5. The highest BCUT2D eigenvalue weighted by molar-refractivity contribution is 5.92. The first kappa shape index (κ1) is 17.6. The van der Waals surface area contributed by atoms with Gasteiger partial charge in [0.15, 0.2) is 11.5 Å². The first-order valence-electron chi connectivity index (χ1n) is 7.49. The molecule has 0 radical (unpaired) electrons. The van der Waals surface area contributed by atoms with Gasteiger partial charge in [0.2, 0.25) is 11.7 Å². The van der Waals surface area contributed by atoms with E-state index in [2.05, 4.69) is 5.32 Å². The van der Waals surface area contributed by atoms with Crippen molar-refractivity contribution >= 4 is 11.6 Å². The predicted molar refractivity (Wildman–Crippen MR) is 92.7 cm³/mol. The summed E-state index contributed by atoms with van der Waals surface area (Å²) in [4.78, 5) is 12.2. The minimum absolute atomic E-state index is 0.167. The summed E-state index contributed by atoms with van der Waals surface area (Å²) in [7, 11) is 4.57. The third kappa shape index (κ3) is 4.17. The summed E-state index contributed by atoms with van der Waals surface area (Å²) in [6, 6.07) is 12.5. The van der Waals surface area contributed by atoms with Gasteiger partial charge in [0.25, 0.3) is 0 Å². The highest BCUT2D eigenvalue weighted by Crippen LogP contribution is 2.40. The van der Waals surface area contributed by atoms with Gasteiger partial charge >= 0.3 is 0 Å². The van der Waals surface area contributed by atoms with Gasteiger partial charge in [-0.1, -0.05) is 30.3 Å². The molecule has 0 bridgehead atoms. The van der Waals surface area contributed by atoms with Gasteiger partial charge in [-0.25, -0.2) is 0 Å². The van der Waals surface area contributed by atoms with Crippen molar-refractivity contribution in [3.8, 4) is 17.2 Å². The van der Waals surface area contributed by atoms with E-state index in [9.17, 15) is 4.79 Å². The number of hydrogen-bond acceptors (Lipinski definition) is 5. The van der Waals surface area contributed by atoms with Crippen LogP contribution >= 0.6 is 0 Å². The average molecular weight is 330 g/mol. The molecule has 0 aliphatic carbocycles. The highest BCUT2D eigenvalue weighted by Gasteiger charge is 2.16. The standard InChI is InChI=1S/C18H22N2O4/c1-22-15-9-13(10-16(23-2)18(15)24-3)20-17(21)11-14(19)12-7-5-4-6-8-12/h4-10,14H,11,19H2,1-3H3,(H,20,21). The molecule has 6 heteroatoms. The van der Waals surface area contributed by atoms with Gasteiger partial charge in [0, 0.05) is 30.3 Å². The largest absolute Gasteiger partial charge is 0.493 e. The van der Waals surface area contributed by atoms with Crippen LogP contribution in [0.5, 0.6) is 17.2 Å². The van der Waals surface area contributed by atoms with Gasteiger partial charge < -0.3 is 25.3 Å². The van der Waals surface area contributed by atoms with E-state index in [0.717, 1.165) is 5.56 Å². The zero-order chi connectivity index (χ0) is 17.5. The average Bonchev–Trinajstić information content (AvgIpc) is 2.61. The molecule has 1 amide bonds. The van der Waals surface area contributed by atoms with E-state index in [1.165, 1.54) is 21.3 Å². The lowest BCUT2D eigenvalue weighted by Gasteiger charge is -2.16. The van der Waals surface area contributed by atoms with Gasteiger partial charge in [0.05, 0.1) is 21.3 Å². The summed E-state index contributed by atoms with van der Waals surface area (Å²) in [5.41, 5.74) is 7.54. The maximum atomic E-state index is 12.2. The van der Waals surface area contributed by atoms with Gasteiger partial charge in [-0.05, 0) is 5.56 Å². The molecular weight excluding hydrogens is 308 g/mol. The molecule has 2 rings (SSSR count). The quantitative estimate of drug-likeness (QED) is 0.815. The lowest BCUT2D eigenvalue weighted by atomic mass is 10.0. The van der Waals surface area contributed by atoms with Gasteiger partial charge in [-0.15, -0.1) is 0 Å². The third-order valence-electron chi connectivity index (χ3n) is 3.58. The number of nitrogens with two attached hydrogens (primary N) is 1. The molecule has 2 aromatic rings. The third-order valence-corrected chi connectivity index (χ3v) is 3.58. The molecule has 0 fully saturated rings. The Kier molecular flexibility index (Phi) is 6.03. The number of carbonyl (C=O) groups excluding carboxylic acids is 1. The van der Waals surface area contributed by atoms with Crippen molar-refractivity contribution in [2.24, 2.45) is 5.73 Å². The van der Waals surface area contributed by atoms with Crippen molar-refractivity contribution in [2.75, 3.05) is 26.6 Å². The fourth-order valence-electron chi connectivity index (χ4n) is 2.38. The first-order chi connectivity index (χ1) is 11.6. The number of methoxy groups -OCH3 is 3. The molecule has 0 spiro atoms. The second-order valence-corrected chi connectivity index (χ2v) is 5.18.